The maximum absolute atomic E-state index is 11.8. The van der Waals surface area contributed by atoms with Gasteiger partial charge >= 0.3 is 0 Å². The summed E-state index contributed by atoms with van der Waals surface area (Å²) in [7, 11) is 0. The van der Waals surface area contributed by atoms with Crippen molar-refractivity contribution >= 4 is 5.91 Å². The van der Waals surface area contributed by atoms with E-state index in [2.05, 4.69) is 15.6 Å². The second-order valence-corrected chi connectivity index (χ2v) is 4.46. The maximum atomic E-state index is 11.8. The van der Waals surface area contributed by atoms with Gasteiger partial charge in [0, 0.05) is 25.5 Å². The van der Waals surface area contributed by atoms with Crippen LogP contribution in [0.15, 0.2) is 12.4 Å². The molecule has 2 N–H and O–H groups in total. The third-order valence-electron chi connectivity index (χ3n) is 3.20. The predicted octanol–water partition coefficient (Wildman–Crippen LogP) is 0.450. The number of carbonyl (C=O) groups excluding carboxylic acids is 1. The zero-order valence-corrected chi connectivity index (χ0v) is 10.3. The van der Waals surface area contributed by atoms with Crippen molar-refractivity contribution in [2.45, 2.75) is 38.8 Å². The van der Waals surface area contributed by atoms with E-state index in [1.807, 2.05) is 17.7 Å². The van der Waals surface area contributed by atoms with Gasteiger partial charge < -0.3 is 15.2 Å². The van der Waals surface area contributed by atoms with Crippen LogP contribution in [0.1, 0.15) is 25.1 Å². The fourth-order valence-electron chi connectivity index (χ4n) is 2.14. The SMILES string of the molecule is Cc1nccn1CCNC(=O)[C@@H]1CCCCN1. The molecule has 5 heteroatoms. The first-order valence-electron chi connectivity index (χ1n) is 6.26. The normalized spacial score (nSPS) is 20.2. The molecular weight excluding hydrogens is 216 g/mol. The molecule has 17 heavy (non-hydrogen) atoms. The van der Waals surface area contributed by atoms with Crippen molar-refractivity contribution in [3.05, 3.63) is 18.2 Å². The number of aryl methyl sites for hydroxylation is 1. The number of piperidine rings is 1. The molecule has 2 rings (SSSR count). The number of nitrogens with zero attached hydrogens (tertiary/aromatic N) is 2. The Kier molecular flexibility index (Phi) is 4.14. The van der Waals surface area contributed by atoms with Crippen LogP contribution >= 0.6 is 0 Å². The molecule has 1 aliphatic heterocycles. The molecule has 1 aromatic rings. The molecule has 1 atom stereocenters. The first kappa shape index (κ1) is 12.1. The third kappa shape index (κ3) is 3.30. The second kappa shape index (κ2) is 5.82. The Balaban J connectivity index is 1.71. The number of nitrogens with one attached hydrogen (secondary N) is 2. The van der Waals surface area contributed by atoms with Crippen LogP contribution in [0, 0.1) is 6.92 Å². The molecule has 1 amide bonds. The lowest BCUT2D eigenvalue weighted by molar-refractivity contribution is -0.123. The third-order valence-corrected chi connectivity index (χ3v) is 3.20. The Bertz CT molecular complexity index is 368. The minimum Gasteiger partial charge on any atom is -0.353 e. The van der Waals surface area contributed by atoms with Gasteiger partial charge in [-0.15, -0.1) is 0 Å². The zero-order chi connectivity index (χ0) is 12.1. The van der Waals surface area contributed by atoms with Crippen LogP contribution in [0.4, 0.5) is 0 Å². The number of amides is 1. The summed E-state index contributed by atoms with van der Waals surface area (Å²) < 4.78 is 2.04. The molecule has 0 aromatic carbocycles. The van der Waals surface area contributed by atoms with Crippen LogP contribution in [0.5, 0.6) is 0 Å². The van der Waals surface area contributed by atoms with Gasteiger partial charge in [-0.2, -0.15) is 0 Å². The molecular formula is C12H20N4O. The zero-order valence-electron chi connectivity index (χ0n) is 10.3. The number of rotatable bonds is 4. The Hall–Kier alpha value is -1.36. The van der Waals surface area contributed by atoms with Crippen LogP contribution in [0.2, 0.25) is 0 Å². The van der Waals surface area contributed by atoms with Crippen LogP contribution in [-0.4, -0.2) is 34.6 Å². The van der Waals surface area contributed by atoms with Crippen molar-refractivity contribution in [3.8, 4) is 0 Å². The summed E-state index contributed by atoms with van der Waals surface area (Å²) in [5.41, 5.74) is 0. The molecule has 1 fully saturated rings. The van der Waals surface area contributed by atoms with E-state index in [1.165, 1.54) is 6.42 Å². The number of hydrogen-bond acceptors (Lipinski definition) is 3. The highest BCUT2D eigenvalue weighted by molar-refractivity contribution is 5.81. The lowest BCUT2D eigenvalue weighted by Crippen LogP contribution is -2.47. The fraction of sp³-hybridized carbons (Fsp3) is 0.667. The molecule has 1 saturated heterocycles. The summed E-state index contributed by atoms with van der Waals surface area (Å²) in [6.45, 7) is 4.36. The van der Waals surface area contributed by atoms with Gasteiger partial charge in [-0.25, -0.2) is 4.98 Å². The summed E-state index contributed by atoms with van der Waals surface area (Å²) >= 11 is 0. The van der Waals surface area contributed by atoms with E-state index in [4.69, 9.17) is 0 Å². The van der Waals surface area contributed by atoms with Crippen molar-refractivity contribution < 1.29 is 4.79 Å². The molecule has 0 bridgehead atoms. The van der Waals surface area contributed by atoms with Crippen molar-refractivity contribution in [2.75, 3.05) is 13.1 Å². The molecule has 0 spiro atoms. The van der Waals surface area contributed by atoms with Crippen LogP contribution in [0.3, 0.4) is 0 Å². The quantitative estimate of drug-likeness (QED) is 0.798. The average molecular weight is 236 g/mol. The van der Waals surface area contributed by atoms with E-state index >= 15 is 0 Å². The first-order chi connectivity index (χ1) is 8.27. The Labute approximate surface area is 102 Å². The summed E-state index contributed by atoms with van der Waals surface area (Å²) in [5.74, 6) is 1.11. The highest BCUT2D eigenvalue weighted by Crippen LogP contribution is 2.06. The topological polar surface area (TPSA) is 59.0 Å². The van der Waals surface area contributed by atoms with E-state index in [-0.39, 0.29) is 11.9 Å². The average Bonchev–Trinajstić information content (AvgIpc) is 2.76. The minimum atomic E-state index is 0.00707. The maximum Gasteiger partial charge on any atom is 0.237 e. The lowest BCUT2D eigenvalue weighted by atomic mass is 10.0. The van der Waals surface area contributed by atoms with Crippen molar-refractivity contribution in [1.29, 1.82) is 0 Å². The lowest BCUT2D eigenvalue weighted by Gasteiger charge is -2.22. The van der Waals surface area contributed by atoms with E-state index < -0.39 is 0 Å². The highest BCUT2D eigenvalue weighted by atomic mass is 16.2. The predicted molar refractivity (Wildman–Crippen MR) is 65.6 cm³/mol. The van der Waals surface area contributed by atoms with Gasteiger partial charge in [-0.05, 0) is 26.3 Å². The summed E-state index contributed by atoms with van der Waals surface area (Å²) in [6.07, 6.45) is 6.99. The second-order valence-electron chi connectivity index (χ2n) is 4.46. The van der Waals surface area contributed by atoms with Crippen molar-refractivity contribution in [2.24, 2.45) is 0 Å². The van der Waals surface area contributed by atoms with Gasteiger partial charge in [0.1, 0.15) is 5.82 Å². The van der Waals surface area contributed by atoms with Gasteiger partial charge in [0.05, 0.1) is 6.04 Å². The van der Waals surface area contributed by atoms with Gasteiger partial charge in [-0.1, -0.05) is 6.42 Å². The molecule has 1 aliphatic rings. The van der Waals surface area contributed by atoms with Gasteiger partial charge in [-0.3, -0.25) is 4.79 Å². The molecule has 0 saturated carbocycles. The first-order valence-corrected chi connectivity index (χ1v) is 6.26. The van der Waals surface area contributed by atoms with E-state index in [1.54, 1.807) is 6.20 Å². The number of aromatic nitrogens is 2. The van der Waals surface area contributed by atoms with Crippen LogP contribution in [0.25, 0.3) is 0 Å². The van der Waals surface area contributed by atoms with Crippen molar-refractivity contribution in [1.82, 2.24) is 20.2 Å². The van der Waals surface area contributed by atoms with Crippen LogP contribution < -0.4 is 10.6 Å². The van der Waals surface area contributed by atoms with Gasteiger partial charge in [0.2, 0.25) is 5.91 Å². The summed E-state index contributed by atoms with van der Waals surface area (Å²) in [6, 6.07) is 0.00707. The molecule has 0 aliphatic carbocycles. The Morgan fingerprint density at radius 2 is 2.53 bits per heavy atom. The van der Waals surface area contributed by atoms with Crippen LogP contribution in [-0.2, 0) is 11.3 Å². The number of hydrogen-bond donors (Lipinski definition) is 2. The Morgan fingerprint density at radius 3 is 3.18 bits per heavy atom. The van der Waals surface area contributed by atoms with Gasteiger partial charge in [0.25, 0.3) is 0 Å². The van der Waals surface area contributed by atoms with E-state index in [0.717, 1.165) is 31.8 Å². The molecule has 2 heterocycles. The minimum absolute atomic E-state index is 0.00707. The summed E-state index contributed by atoms with van der Waals surface area (Å²) in [5, 5.41) is 6.21. The molecule has 94 valence electrons. The number of carbonyl (C=O) groups is 1. The molecule has 0 radical (unpaired) electrons. The number of imidazole rings is 1. The van der Waals surface area contributed by atoms with Gasteiger partial charge in [0.15, 0.2) is 0 Å². The van der Waals surface area contributed by atoms with E-state index in [9.17, 15) is 4.79 Å². The standard InChI is InChI=1S/C12H20N4O/c1-10-13-6-8-16(10)9-7-15-12(17)11-4-2-3-5-14-11/h6,8,11,14H,2-5,7,9H2,1H3,(H,15,17)/t11-/m0/s1. The monoisotopic (exact) mass is 236 g/mol. The van der Waals surface area contributed by atoms with Crippen molar-refractivity contribution in [3.63, 3.8) is 0 Å². The molecule has 0 unspecified atom stereocenters. The van der Waals surface area contributed by atoms with E-state index in [0.29, 0.717) is 6.54 Å². The molecule has 1 aromatic heterocycles. The Morgan fingerprint density at radius 1 is 1.65 bits per heavy atom. The highest BCUT2D eigenvalue weighted by Gasteiger charge is 2.19. The molecule has 5 nitrogen and oxygen atoms in total. The smallest absolute Gasteiger partial charge is 0.237 e. The summed E-state index contributed by atoms with van der Waals surface area (Å²) in [4.78, 5) is 16.0. The fourth-order valence-corrected chi connectivity index (χ4v) is 2.14. The largest absolute Gasteiger partial charge is 0.353 e.